The summed E-state index contributed by atoms with van der Waals surface area (Å²) in [6.07, 6.45) is 2.37. The molecule has 1 aliphatic heterocycles. The van der Waals surface area contributed by atoms with Gasteiger partial charge in [-0.15, -0.1) is 0 Å². The Balaban J connectivity index is 1.61. The first-order chi connectivity index (χ1) is 11.4. The molecule has 0 amide bonds. The molecule has 1 N–H and O–H groups in total. The normalized spacial score (nSPS) is 14.2. The number of hydrogen-bond donors (Lipinski definition) is 1. The number of aliphatic hydroxyl groups excluding tert-OH is 1. The third kappa shape index (κ3) is 2.59. The second-order valence-electron chi connectivity index (χ2n) is 6.05. The van der Waals surface area contributed by atoms with E-state index in [2.05, 4.69) is 44.8 Å². The van der Waals surface area contributed by atoms with Gasteiger partial charge in [0.15, 0.2) is 0 Å². The lowest BCUT2D eigenvalue weighted by molar-refractivity contribution is 0.266. The average Bonchev–Trinajstić information content (AvgIpc) is 2.97. The zero-order valence-electron chi connectivity index (χ0n) is 13.2. The van der Waals surface area contributed by atoms with Crippen LogP contribution in [-0.4, -0.2) is 27.7 Å². The number of rotatable bonds is 4. The highest BCUT2D eigenvalue weighted by Crippen LogP contribution is 2.26. The molecule has 0 spiro atoms. The van der Waals surface area contributed by atoms with Crippen molar-refractivity contribution in [2.75, 3.05) is 18.0 Å². The molecule has 1 aliphatic rings. The molecule has 3 aromatic rings. The molecule has 0 aliphatic carbocycles. The molecule has 2 heterocycles. The van der Waals surface area contributed by atoms with E-state index in [4.69, 9.17) is 0 Å². The van der Waals surface area contributed by atoms with Crippen molar-refractivity contribution in [3.05, 3.63) is 59.9 Å². The van der Waals surface area contributed by atoms with E-state index in [1.54, 1.807) is 0 Å². The van der Waals surface area contributed by atoms with Gasteiger partial charge in [-0.05, 0) is 36.6 Å². The second kappa shape index (κ2) is 6.05. The van der Waals surface area contributed by atoms with Crippen LogP contribution < -0.4 is 4.90 Å². The van der Waals surface area contributed by atoms with Crippen LogP contribution in [0.3, 0.4) is 0 Å². The molecule has 0 atom stereocenters. The second-order valence-corrected chi connectivity index (χ2v) is 6.05. The number of aliphatic hydroxyl groups is 1. The van der Waals surface area contributed by atoms with Gasteiger partial charge in [-0.1, -0.05) is 30.3 Å². The van der Waals surface area contributed by atoms with Crippen LogP contribution in [0.1, 0.15) is 17.8 Å². The molecule has 4 rings (SSSR count). The van der Waals surface area contributed by atoms with Crippen LogP contribution in [0.4, 0.5) is 5.69 Å². The number of nitrogens with zero attached hydrogens (tertiary/aromatic N) is 3. The summed E-state index contributed by atoms with van der Waals surface area (Å²) in [5, 5.41) is 9.62. The number of anilines is 1. The number of aryl methyl sites for hydroxylation is 1. The molecule has 0 saturated carbocycles. The average molecular weight is 307 g/mol. The molecule has 0 saturated heterocycles. The lowest BCUT2D eigenvalue weighted by atomic mass is 10.0. The van der Waals surface area contributed by atoms with Gasteiger partial charge in [-0.2, -0.15) is 0 Å². The number of benzene rings is 2. The monoisotopic (exact) mass is 307 g/mol. The number of aromatic nitrogens is 2. The van der Waals surface area contributed by atoms with E-state index in [1.165, 1.54) is 24.1 Å². The summed E-state index contributed by atoms with van der Waals surface area (Å²) >= 11 is 0. The summed E-state index contributed by atoms with van der Waals surface area (Å²) in [5.74, 6) is 0.747. The summed E-state index contributed by atoms with van der Waals surface area (Å²) in [6, 6.07) is 16.8. The Morgan fingerprint density at radius 3 is 2.74 bits per heavy atom. The predicted molar refractivity (Wildman–Crippen MR) is 92.6 cm³/mol. The maximum Gasteiger partial charge on any atom is 0.135 e. The van der Waals surface area contributed by atoms with Crippen LogP contribution in [0.5, 0.6) is 0 Å². The Labute approximate surface area is 136 Å². The third-order valence-corrected chi connectivity index (χ3v) is 4.68. The minimum Gasteiger partial charge on any atom is -0.388 e. The van der Waals surface area contributed by atoms with E-state index < -0.39 is 0 Å². The fraction of sp³-hybridized carbons (Fsp3) is 0.316. The molecule has 4 heteroatoms. The fourth-order valence-electron chi connectivity index (χ4n) is 3.56. The van der Waals surface area contributed by atoms with E-state index in [1.807, 2.05) is 18.2 Å². The van der Waals surface area contributed by atoms with E-state index in [0.29, 0.717) is 0 Å². The molecular formula is C19H21N3O. The van der Waals surface area contributed by atoms with Gasteiger partial charge < -0.3 is 14.6 Å². The van der Waals surface area contributed by atoms with Gasteiger partial charge in [0.05, 0.1) is 11.0 Å². The molecule has 4 nitrogen and oxygen atoms in total. The van der Waals surface area contributed by atoms with Gasteiger partial charge in [-0.25, -0.2) is 4.98 Å². The van der Waals surface area contributed by atoms with Crippen molar-refractivity contribution in [3.63, 3.8) is 0 Å². The minimum absolute atomic E-state index is 0.0226. The highest BCUT2D eigenvalue weighted by atomic mass is 16.3. The molecule has 0 radical (unpaired) electrons. The van der Waals surface area contributed by atoms with Crippen molar-refractivity contribution in [2.45, 2.75) is 26.0 Å². The van der Waals surface area contributed by atoms with Gasteiger partial charge >= 0.3 is 0 Å². The summed E-state index contributed by atoms with van der Waals surface area (Å²) in [4.78, 5) is 6.99. The predicted octanol–water partition coefficient (Wildman–Crippen LogP) is 2.98. The highest BCUT2D eigenvalue weighted by Gasteiger charge is 2.17. The molecule has 0 fully saturated rings. The topological polar surface area (TPSA) is 41.3 Å². The van der Waals surface area contributed by atoms with Gasteiger partial charge in [0.25, 0.3) is 0 Å². The lowest BCUT2D eigenvalue weighted by Gasteiger charge is -2.31. The van der Waals surface area contributed by atoms with Gasteiger partial charge in [0.1, 0.15) is 12.4 Å². The standard InChI is InChI=1S/C19H21N3O/c23-14-19-20-16-8-2-4-10-18(16)22(19)13-12-21-11-5-7-15-6-1-3-9-17(15)21/h1-4,6,8-10,23H,5,7,11-14H2. The molecule has 118 valence electrons. The van der Waals surface area contributed by atoms with Gasteiger partial charge in [0, 0.05) is 25.3 Å². The smallest absolute Gasteiger partial charge is 0.135 e. The molecular weight excluding hydrogens is 286 g/mol. The summed E-state index contributed by atoms with van der Waals surface area (Å²) in [7, 11) is 0. The lowest BCUT2D eigenvalue weighted by Crippen LogP contribution is -2.32. The van der Waals surface area contributed by atoms with E-state index >= 15 is 0 Å². The van der Waals surface area contributed by atoms with Crippen LogP contribution in [-0.2, 0) is 19.6 Å². The first-order valence-electron chi connectivity index (χ1n) is 8.24. The summed E-state index contributed by atoms with van der Waals surface area (Å²) in [6.45, 7) is 2.85. The number of para-hydroxylation sites is 3. The third-order valence-electron chi connectivity index (χ3n) is 4.68. The maximum absolute atomic E-state index is 9.62. The fourth-order valence-corrected chi connectivity index (χ4v) is 3.56. The Morgan fingerprint density at radius 2 is 1.83 bits per heavy atom. The Kier molecular flexibility index (Phi) is 3.75. The van der Waals surface area contributed by atoms with Crippen molar-refractivity contribution in [3.8, 4) is 0 Å². The van der Waals surface area contributed by atoms with Gasteiger partial charge in [-0.3, -0.25) is 0 Å². The highest BCUT2D eigenvalue weighted by molar-refractivity contribution is 5.75. The van der Waals surface area contributed by atoms with Crippen molar-refractivity contribution >= 4 is 16.7 Å². The largest absolute Gasteiger partial charge is 0.388 e. The van der Waals surface area contributed by atoms with E-state index in [-0.39, 0.29) is 6.61 Å². The minimum atomic E-state index is -0.0226. The summed E-state index contributed by atoms with van der Waals surface area (Å²) in [5.41, 5.74) is 4.85. The SMILES string of the molecule is OCc1nc2ccccc2n1CCN1CCCc2ccccc21. The van der Waals surface area contributed by atoms with Crippen molar-refractivity contribution in [2.24, 2.45) is 0 Å². The Bertz CT molecular complexity index is 824. The van der Waals surface area contributed by atoms with Gasteiger partial charge in [0.2, 0.25) is 0 Å². The van der Waals surface area contributed by atoms with Crippen LogP contribution in [0, 0.1) is 0 Å². The summed E-state index contributed by atoms with van der Waals surface area (Å²) < 4.78 is 2.15. The number of hydrogen-bond acceptors (Lipinski definition) is 3. The maximum atomic E-state index is 9.62. The first kappa shape index (κ1) is 14.3. The van der Waals surface area contributed by atoms with Crippen molar-refractivity contribution in [1.82, 2.24) is 9.55 Å². The zero-order valence-corrected chi connectivity index (χ0v) is 13.2. The molecule has 0 bridgehead atoms. The van der Waals surface area contributed by atoms with Crippen molar-refractivity contribution < 1.29 is 5.11 Å². The number of imidazole rings is 1. The van der Waals surface area contributed by atoms with Crippen LogP contribution in [0.25, 0.3) is 11.0 Å². The molecule has 0 unspecified atom stereocenters. The molecule has 2 aromatic carbocycles. The first-order valence-corrected chi connectivity index (χ1v) is 8.24. The van der Waals surface area contributed by atoms with Crippen molar-refractivity contribution in [1.29, 1.82) is 0 Å². The van der Waals surface area contributed by atoms with E-state index in [9.17, 15) is 5.11 Å². The molecule has 23 heavy (non-hydrogen) atoms. The van der Waals surface area contributed by atoms with Crippen LogP contribution in [0.15, 0.2) is 48.5 Å². The quantitative estimate of drug-likeness (QED) is 0.805. The molecule has 1 aromatic heterocycles. The van der Waals surface area contributed by atoms with Crippen LogP contribution >= 0.6 is 0 Å². The van der Waals surface area contributed by atoms with E-state index in [0.717, 1.165) is 36.5 Å². The van der Waals surface area contributed by atoms with Crippen LogP contribution in [0.2, 0.25) is 0 Å². The Morgan fingerprint density at radius 1 is 1.00 bits per heavy atom. The Hall–Kier alpha value is -2.33. The number of fused-ring (bicyclic) bond motifs is 2. The zero-order chi connectivity index (χ0) is 15.6.